The zero-order chi connectivity index (χ0) is 22.2. The molecule has 30 heavy (non-hydrogen) atoms. The van der Waals surface area contributed by atoms with Gasteiger partial charge in [-0.2, -0.15) is 13.2 Å². The number of guanidine groups is 1. The summed E-state index contributed by atoms with van der Waals surface area (Å²) in [6, 6.07) is 12.4. The molecule has 0 radical (unpaired) electrons. The fourth-order valence-corrected chi connectivity index (χ4v) is 2.97. The fourth-order valence-electron chi connectivity index (χ4n) is 2.39. The molecule has 0 fully saturated rings. The van der Waals surface area contributed by atoms with Crippen LogP contribution in [-0.4, -0.2) is 33.7 Å². The predicted molar refractivity (Wildman–Crippen MR) is 107 cm³/mol. The first-order valence-electron chi connectivity index (χ1n) is 8.99. The van der Waals surface area contributed by atoms with Crippen LogP contribution in [0.2, 0.25) is 0 Å². The molecule has 0 spiro atoms. The number of nitrogens with two attached hydrogens (primary N) is 1. The van der Waals surface area contributed by atoms with E-state index in [-0.39, 0.29) is 17.2 Å². The molecule has 2 aromatic carbocycles. The van der Waals surface area contributed by atoms with Crippen molar-refractivity contribution in [3.63, 3.8) is 0 Å². The predicted octanol–water partition coefficient (Wildman–Crippen LogP) is 2.53. The first kappa shape index (κ1) is 23.5. The summed E-state index contributed by atoms with van der Waals surface area (Å²) < 4.78 is 64.1. The van der Waals surface area contributed by atoms with Crippen molar-refractivity contribution >= 4 is 16.0 Å². The minimum atomic E-state index is -4.38. The van der Waals surface area contributed by atoms with E-state index in [9.17, 15) is 21.6 Å². The highest BCUT2D eigenvalue weighted by molar-refractivity contribution is 7.89. The Morgan fingerprint density at radius 3 is 2.40 bits per heavy atom. The second kappa shape index (κ2) is 10.3. The van der Waals surface area contributed by atoms with E-state index in [0.717, 1.165) is 5.56 Å². The van der Waals surface area contributed by atoms with Crippen LogP contribution in [0, 0.1) is 0 Å². The standard InChI is InChI=1S/C19H23F3N4O3S/c1-2-24-18(26-12-15-4-3-5-17(10-15)30(23,27)28)25-11-14-6-8-16(9-7-14)29-13-19(20,21)22/h3-10H,2,11-13H2,1H3,(H2,23,27,28)(H2,24,25,26). The Balaban J connectivity index is 1.97. The van der Waals surface area contributed by atoms with Crippen molar-refractivity contribution in [2.75, 3.05) is 13.2 Å². The van der Waals surface area contributed by atoms with Gasteiger partial charge in [0, 0.05) is 13.1 Å². The molecule has 164 valence electrons. The van der Waals surface area contributed by atoms with Gasteiger partial charge in [-0.15, -0.1) is 0 Å². The molecule has 0 amide bonds. The third kappa shape index (κ3) is 8.29. The van der Waals surface area contributed by atoms with Gasteiger partial charge in [0.15, 0.2) is 12.6 Å². The molecule has 11 heteroatoms. The Kier molecular flexibility index (Phi) is 8.07. The topological polar surface area (TPSA) is 106 Å². The van der Waals surface area contributed by atoms with Crippen molar-refractivity contribution in [1.29, 1.82) is 0 Å². The van der Waals surface area contributed by atoms with Crippen LogP contribution in [0.3, 0.4) is 0 Å². The van der Waals surface area contributed by atoms with E-state index in [0.29, 0.717) is 24.6 Å². The summed E-state index contributed by atoms with van der Waals surface area (Å²) in [4.78, 5) is 4.42. The van der Waals surface area contributed by atoms with Crippen LogP contribution in [0.1, 0.15) is 18.1 Å². The Morgan fingerprint density at radius 2 is 1.80 bits per heavy atom. The van der Waals surface area contributed by atoms with Crippen molar-refractivity contribution in [1.82, 2.24) is 10.6 Å². The van der Waals surface area contributed by atoms with Gasteiger partial charge in [-0.3, -0.25) is 0 Å². The lowest BCUT2D eigenvalue weighted by atomic mass is 10.2. The maximum absolute atomic E-state index is 12.2. The second-order valence-electron chi connectivity index (χ2n) is 6.29. The molecule has 0 saturated heterocycles. The number of ether oxygens (including phenoxy) is 1. The minimum absolute atomic E-state index is 0.0148. The van der Waals surface area contributed by atoms with E-state index >= 15 is 0 Å². The van der Waals surface area contributed by atoms with Crippen LogP contribution in [0.15, 0.2) is 58.4 Å². The first-order valence-corrected chi connectivity index (χ1v) is 10.5. The average Bonchev–Trinajstić information content (AvgIpc) is 2.68. The summed E-state index contributed by atoms with van der Waals surface area (Å²) in [6.45, 7) is 1.76. The minimum Gasteiger partial charge on any atom is -0.484 e. The summed E-state index contributed by atoms with van der Waals surface area (Å²) in [5, 5.41) is 11.3. The lowest BCUT2D eigenvalue weighted by molar-refractivity contribution is -0.153. The number of nitrogens with zero attached hydrogens (tertiary/aromatic N) is 1. The van der Waals surface area contributed by atoms with Crippen molar-refractivity contribution < 1.29 is 26.3 Å². The molecule has 0 bridgehead atoms. The highest BCUT2D eigenvalue weighted by atomic mass is 32.2. The Labute approximate surface area is 173 Å². The molecule has 0 aliphatic rings. The third-order valence-corrected chi connectivity index (χ3v) is 4.69. The van der Waals surface area contributed by atoms with Gasteiger partial charge in [0.25, 0.3) is 0 Å². The van der Waals surface area contributed by atoms with Gasteiger partial charge in [-0.25, -0.2) is 18.5 Å². The summed E-state index contributed by atoms with van der Waals surface area (Å²) in [5.41, 5.74) is 1.49. The molecule has 0 heterocycles. The molecule has 0 atom stereocenters. The number of rotatable bonds is 8. The Morgan fingerprint density at radius 1 is 1.10 bits per heavy atom. The third-order valence-electron chi connectivity index (χ3n) is 3.78. The highest BCUT2D eigenvalue weighted by Crippen LogP contribution is 2.18. The lowest BCUT2D eigenvalue weighted by Gasteiger charge is -2.12. The molecule has 0 saturated carbocycles. The van der Waals surface area contributed by atoms with Gasteiger partial charge in [0.1, 0.15) is 5.75 Å². The number of aliphatic imine (C=N–C) groups is 1. The molecule has 4 N–H and O–H groups in total. The highest BCUT2D eigenvalue weighted by Gasteiger charge is 2.28. The molecule has 7 nitrogen and oxygen atoms in total. The monoisotopic (exact) mass is 444 g/mol. The molecular weight excluding hydrogens is 421 g/mol. The largest absolute Gasteiger partial charge is 0.484 e. The molecule has 0 unspecified atom stereocenters. The van der Waals surface area contributed by atoms with E-state index in [1.54, 1.807) is 24.3 Å². The van der Waals surface area contributed by atoms with Gasteiger partial charge in [0.2, 0.25) is 10.0 Å². The van der Waals surface area contributed by atoms with Crippen LogP contribution < -0.4 is 20.5 Å². The number of nitrogens with one attached hydrogen (secondary N) is 2. The van der Waals surface area contributed by atoms with Crippen LogP contribution in [0.25, 0.3) is 0 Å². The maximum Gasteiger partial charge on any atom is 0.422 e. The molecule has 0 aliphatic carbocycles. The van der Waals surface area contributed by atoms with Crippen LogP contribution >= 0.6 is 0 Å². The Hall–Kier alpha value is -2.79. The zero-order valence-electron chi connectivity index (χ0n) is 16.2. The van der Waals surface area contributed by atoms with Crippen molar-refractivity contribution in [3.05, 3.63) is 59.7 Å². The molecule has 0 aromatic heterocycles. The van der Waals surface area contributed by atoms with Crippen LogP contribution in [0.5, 0.6) is 5.75 Å². The molecule has 2 aromatic rings. The quantitative estimate of drug-likeness (QED) is 0.429. The average molecular weight is 444 g/mol. The number of halogens is 3. The zero-order valence-corrected chi connectivity index (χ0v) is 17.1. The summed E-state index contributed by atoms with van der Waals surface area (Å²) in [6.07, 6.45) is -4.38. The van der Waals surface area contributed by atoms with Crippen molar-refractivity contribution in [2.24, 2.45) is 10.1 Å². The number of alkyl halides is 3. The summed E-state index contributed by atoms with van der Waals surface area (Å²) >= 11 is 0. The van der Waals surface area contributed by atoms with E-state index in [2.05, 4.69) is 20.4 Å². The first-order chi connectivity index (χ1) is 14.1. The molecule has 2 rings (SSSR count). The summed E-state index contributed by atoms with van der Waals surface area (Å²) in [5.74, 6) is 0.627. The van der Waals surface area contributed by atoms with E-state index in [4.69, 9.17) is 5.14 Å². The van der Waals surface area contributed by atoms with Gasteiger partial charge in [-0.05, 0) is 42.3 Å². The normalized spacial score (nSPS) is 12.5. The lowest BCUT2D eigenvalue weighted by Crippen LogP contribution is -2.36. The second-order valence-corrected chi connectivity index (χ2v) is 7.85. The summed E-state index contributed by atoms with van der Waals surface area (Å²) in [7, 11) is -3.79. The van der Waals surface area contributed by atoms with Crippen molar-refractivity contribution in [3.8, 4) is 5.75 Å². The van der Waals surface area contributed by atoms with Crippen molar-refractivity contribution in [2.45, 2.75) is 31.1 Å². The van der Waals surface area contributed by atoms with E-state index in [1.807, 2.05) is 6.92 Å². The van der Waals surface area contributed by atoms with E-state index < -0.39 is 22.8 Å². The van der Waals surface area contributed by atoms with Crippen LogP contribution in [0.4, 0.5) is 13.2 Å². The van der Waals surface area contributed by atoms with Gasteiger partial charge < -0.3 is 15.4 Å². The maximum atomic E-state index is 12.2. The number of benzene rings is 2. The van der Waals surface area contributed by atoms with Gasteiger partial charge in [0.05, 0.1) is 11.4 Å². The number of hydrogen-bond donors (Lipinski definition) is 3. The smallest absolute Gasteiger partial charge is 0.422 e. The van der Waals surface area contributed by atoms with Gasteiger partial charge in [-0.1, -0.05) is 24.3 Å². The Bertz CT molecular complexity index is 962. The molecular formula is C19H23F3N4O3S. The van der Waals surface area contributed by atoms with E-state index in [1.165, 1.54) is 24.3 Å². The SMILES string of the molecule is CCNC(=NCc1cccc(S(N)(=O)=O)c1)NCc1ccc(OCC(F)(F)F)cc1. The fraction of sp³-hybridized carbons (Fsp3) is 0.316. The number of sulfonamides is 1. The number of hydrogen-bond acceptors (Lipinski definition) is 4. The van der Waals surface area contributed by atoms with Gasteiger partial charge >= 0.3 is 6.18 Å². The number of primary sulfonamides is 1. The van der Waals surface area contributed by atoms with Crippen LogP contribution in [-0.2, 0) is 23.1 Å². The molecule has 0 aliphatic heterocycles.